The molecule has 0 aromatic carbocycles. The molecule has 2 aliphatic rings. The molecule has 3 aromatic rings. The summed E-state index contributed by atoms with van der Waals surface area (Å²) in [5.41, 5.74) is 6.15. The van der Waals surface area contributed by atoms with E-state index in [9.17, 15) is 19.5 Å². The number of carbonyl (C=O) groups excluding carboxylic acids is 2. The Labute approximate surface area is 220 Å². The van der Waals surface area contributed by atoms with E-state index >= 15 is 0 Å². The maximum Gasteiger partial charge on any atom is 0.352 e. The van der Waals surface area contributed by atoms with Crippen LogP contribution in [0.3, 0.4) is 0 Å². The molecule has 1 fully saturated rings. The van der Waals surface area contributed by atoms with Gasteiger partial charge >= 0.3 is 5.97 Å². The van der Waals surface area contributed by atoms with Gasteiger partial charge < -0.3 is 30.4 Å². The summed E-state index contributed by atoms with van der Waals surface area (Å²) in [5, 5.41) is 26.0. The number of furan rings is 1. The van der Waals surface area contributed by atoms with Gasteiger partial charge in [0.2, 0.25) is 0 Å². The van der Waals surface area contributed by atoms with Gasteiger partial charge in [-0.1, -0.05) is 16.9 Å². The Morgan fingerprint density at radius 1 is 1.46 bits per heavy atom. The lowest BCUT2D eigenvalue weighted by Gasteiger charge is -2.49. The van der Waals surface area contributed by atoms with Crippen molar-refractivity contribution in [3.05, 3.63) is 40.7 Å². The zero-order chi connectivity index (χ0) is 26.1. The van der Waals surface area contributed by atoms with Crippen molar-refractivity contribution in [2.45, 2.75) is 16.6 Å². The van der Waals surface area contributed by atoms with Crippen molar-refractivity contribution in [3.63, 3.8) is 0 Å². The number of nitrogens with one attached hydrogen (secondary N) is 2. The SMILES string of the molecule is CON=C(C(=O)NC1C(=O)N2C(C(=O)O)=C(CSc3nnc(-c4ccco4)[nH]3)CS[C@@H]12)c1csc(N)n1. The Hall–Kier alpha value is -3.83. The number of nitrogens with zero attached hydrogens (tertiary/aromatic N) is 5. The van der Waals surface area contributed by atoms with Crippen molar-refractivity contribution in [2.24, 2.45) is 5.16 Å². The standard InChI is InChI=1S/C20H18N8O6S3/c1-33-27-11(9-7-36-19(21)22-9)15(29)23-12-16(30)28-13(18(31)32)8(5-35-17(12)28)6-37-20-24-14(25-26-20)10-3-2-4-34-10/h2-4,7,12,17H,5-6H2,1H3,(H2,21,22)(H,23,29)(H,31,32)(H,24,25,26)/t12?,17-/m0/s1. The molecule has 2 atom stereocenters. The van der Waals surface area contributed by atoms with Crippen molar-refractivity contribution in [2.75, 3.05) is 24.3 Å². The minimum Gasteiger partial charge on any atom is -0.477 e. The fraction of sp³-hybridized carbons (Fsp3) is 0.250. The number of H-pyrrole nitrogens is 1. The summed E-state index contributed by atoms with van der Waals surface area (Å²) < 4.78 is 5.28. The summed E-state index contributed by atoms with van der Waals surface area (Å²) in [5.74, 6) is -0.873. The number of nitrogens with two attached hydrogens (primary N) is 1. The summed E-state index contributed by atoms with van der Waals surface area (Å²) >= 11 is 3.73. The van der Waals surface area contributed by atoms with Gasteiger partial charge in [0.05, 0.1) is 6.26 Å². The molecule has 5 heterocycles. The van der Waals surface area contributed by atoms with Crippen LogP contribution in [0.4, 0.5) is 5.13 Å². The third-order valence-corrected chi connectivity index (χ3v) is 8.27. The summed E-state index contributed by atoms with van der Waals surface area (Å²) in [6.07, 6.45) is 1.52. The number of aliphatic carboxylic acids is 1. The number of anilines is 1. The Bertz CT molecular complexity index is 1410. The van der Waals surface area contributed by atoms with E-state index in [4.69, 9.17) is 15.0 Å². The molecule has 0 aliphatic carbocycles. The van der Waals surface area contributed by atoms with Gasteiger partial charge in [0.15, 0.2) is 27.6 Å². The highest BCUT2D eigenvalue weighted by molar-refractivity contribution is 8.01. The van der Waals surface area contributed by atoms with E-state index in [-0.39, 0.29) is 28.0 Å². The predicted octanol–water partition coefficient (Wildman–Crippen LogP) is 0.985. The zero-order valence-electron chi connectivity index (χ0n) is 18.9. The zero-order valence-corrected chi connectivity index (χ0v) is 21.4. The fourth-order valence-electron chi connectivity index (χ4n) is 3.69. The van der Waals surface area contributed by atoms with Crippen LogP contribution in [0.25, 0.3) is 11.6 Å². The first kappa shape index (κ1) is 24.8. The van der Waals surface area contributed by atoms with Crippen LogP contribution >= 0.6 is 34.9 Å². The number of hydrogen-bond acceptors (Lipinski definition) is 13. The third-order valence-electron chi connectivity index (χ3n) is 5.30. The number of carboxylic acids is 1. The van der Waals surface area contributed by atoms with E-state index in [1.807, 2.05) is 0 Å². The number of nitrogen functional groups attached to an aromatic ring is 1. The lowest BCUT2D eigenvalue weighted by Crippen LogP contribution is -2.71. The molecule has 37 heavy (non-hydrogen) atoms. The Morgan fingerprint density at radius 2 is 2.30 bits per heavy atom. The van der Waals surface area contributed by atoms with Crippen LogP contribution in [-0.2, 0) is 19.2 Å². The second kappa shape index (κ2) is 10.3. The number of carboxylic acid groups (broad SMARTS) is 1. The largest absolute Gasteiger partial charge is 0.477 e. The minimum absolute atomic E-state index is 0.101. The summed E-state index contributed by atoms with van der Waals surface area (Å²) in [6, 6.07) is 2.52. The highest BCUT2D eigenvalue weighted by atomic mass is 32.2. The van der Waals surface area contributed by atoms with Gasteiger partial charge in [0.25, 0.3) is 11.8 Å². The average molecular weight is 563 g/mol. The Morgan fingerprint density at radius 3 is 2.97 bits per heavy atom. The number of thioether (sulfide) groups is 2. The Kier molecular flexibility index (Phi) is 6.90. The van der Waals surface area contributed by atoms with Crippen LogP contribution in [0.5, 0.6) is 0 Å². The average Bonchev–Trinajstić information content (AvgIpc) is 3.65. The van der Waals surface area contributed by atoms with E-state index < -0.39 is 29.2 Å². The molecule has 0 radical (unpaired) electrons. The monoisotopic (exact) mass is 562 g/mol. The number of amides is 2. The van der Waals surface area contributed by atoms with Crippen LogP contribution in [0, 0.1) is 0 Å². The van der Waals surface area contributed by atoms with E-state index in [0.29, 0.717) is 28.1 Å². The van der Waals surface area contributed by atoms with E-state index in [2.05, 4.69) is 30.6 Å². The lowest BCUT2D eigenvalue weighted by molar-refractivity contribution is -0.150. The van der Waals surface area contributed by atoms with Crippen LogP contribution in [0.2, 0.25) is 0 Å². The smallest absolute Gasteiger partial charge is 0.352 e. The van der Waals surface area contributed by atoms with Crippen molar-refractivity contribution in [3.8, 4) is 11.6 Å². The van der Waals surface area contributed by atoms with Crippen molar-refractivity contribution < 1.29 is 28.7 Å². The molecule has 0 spiro atoms. The number of aromatic nitrogens is 4. The molecule has 2 amide bonds. The number of thiazole rings is 1. The molecule has 5 N–H and O–H groups in total. The van der Waals surface area contributed by atoms with Crippen molar-refractivity contribution in [1.29, 1.82) is 0 Å². The number of hydrogen-bond donors (Lipinski definition) is 4. The molecule has 1 saturated heterocycles. The first-order chi connectivity index (χ1) is 17.9. The molecule has 1 unspecified atom stereocenters. The highest BCUT2D eigenvalue weighted by Crippen LogP contribution is 2.41. The summed E-state index contributed by atoms with van der Waals surface area (Å²) in [6.45, 7) is 0. The van der Waals surface area contributed by atoms with Crippen LogP contribution in [0.15, 0.2) is 49.8 Å². The molecule has 17 heteroatoms. The first-order valence-corrected chi connectivity index (χ1v) is 13.4. The second-order valence-electron chi connectivity index (χ2n) is 7.56. The molecule has 0 saturated carbocycles. The number of fused-ring (bicyclic) bond motifs is 1. The van der Waals surface area contributed by atoms with E-state index in [1.165, 1.54) is 41.8 Å². The first-order valence-electron chi connectivity index (χ1n) is 10.5. The molecule has 5 rings (SSSR count). The molecule has 192 valence electrons. The van der Waals surface area contributed by atoms with Crippen LogP contribution < -0.4 is 11.1 Å². The molecular formula is C20H18N8O6S3. The molecule has 2 aliphatic heterocycles. The van der Waals surface area contributed by atoms with Gasteiger partial charge in [0, 0.05) is 16.9 Å². The number of rotatable bonds is 9. The van der Waals surface area contributed by atoms with Crippen LogP contribution in [-0.4, -0.2) is 83.7 Å². The third kappa shape index (κ3) is 4.79. The number of aromatic amines is 1. The molecule has 0 bridgehead atoms. The van der Waals surface area contributed by atoms with Crippen molar-refractivity contribution in [1.82, 2.24) is 30.4 Å². The van der Waals surface area contributed by atoms with Gasteiger partial charge in [-0.3, -0.25) is 14.5 Å². The second-order valence-corrected chi connectivity index (χ2v) is 10.5. The highest BCUT2D eigenvalue weighted by Gasteiger charge is 2.54. The fourth-order valence-corrected chi connectivity index (χ4v) is 6.53. The minimum atomic E-state index is -1.23. The van der Waals surface area contributed by atoms with E-state index in [0.717, 1.165) is 11.3 Å². The Balaban J connectivity index is 1.28. The number of oxime groups is 1. The topological polar surface area (TPSA) is 202 Å². The molecule has 3 aromatic heterocycles. The van der Waals surface area contributed by atoms with E-state index in [1.54, 1.807) is 17.5 Å². The van der Waals surface area contributed by atoms with Gasteiger partial charge in [-0.05, 0) is 17.7 Å². The number of carbonyl (C=O) groups is 3. The quantitative estimate of drug-likeness (QED) is 0.125. The summed E-state index contributed by atoms with van der Waals surface area (Å²) in [4.78, 5) is 50.9. The number of β-lactam (4-membered cyclic amide) rings is 1. The summed E-state index contributed by atoms with van der Waals surface area (Å²) in [7, 11) is 1.27. The van der Waals surface area contributed by atoms with Gasteiger partial charge in [-0.2, -0.15) is 0 Å². The molecular weight excluding hydrogens is 544 g/mol. The van der Waals surface area contributed by atoms with Gasteiger partial charge in [-0.25, -0.2) is 9.78 Å². The predicted molar refractivity (Wildman–Crippen MR) is 135 cm³/mol. The van der Waals surface area contributed by atoms with Crippen molar-refractivity contribution >= 4 is 63.5 Å². The van der Waals surface area contributed by atoms with Crippen LogP contribution in [0.1, 0.15) is 5.69 Å². The van der Waals surface area contributed by atoms with Gasteiger partial charge in [0.1, 0.15) is 29.9 Å². The van der Waals surface area contributed by atoms with Gasteiger partial charge in [-0.15, -0.1) is 33.3 Å². The molecule has 14 nitrogen and oxygen atoms in total. The maximum atomic E-state index is 13.0. The normalized spacial score (nSPS) is 19.4. The lowest BCUT2D eigenvalue weighted by atomic mass is 10.0. The maximum absolute atomic E-state index is 13.0.